The Labute approximate surface area is 124 Å². The van der Waals surface area contributed by atoms with Crippen LogP contribution in [0.3, 0.4) is 0 Å². The summed E-state index contributed by atoms with van der Waals surface area (Å²) in [6.45, 7) is 0.240. The van der Waals surface area contributed by atoms with Crippen LogP contribution in [0, 0.1) is 11.8 Å². The third-order valence-electron chi connectivity index (χ3n) is 3.17. The molecule has 0 spiro atoms. The molecule has 0 fully saturated rings. The lowest BCUT2D eigenvalue weighted by atomic mass is 10.1. The van der Waals surface area contributed by atoms with Crippen LogP contribution in [0.1, 0.15) is 56.1 Å². The first-order valence-corrected chi connectivity index (χ1v) is 7.31. The smallest absolute Gasteiger partial charge is 0.396 e. The molecule has 0 aliphatic heterocycles. The molecule has 1 nitrogen and oxygen atoms in total. The predicted octanol–water partition coefficient (Wildman–Crippen LogP) is 4.78. The lowest BCUT2D eigenvalue weighted by Crippen LogP contribution is -2.07. The van der Waals surface area contributed by atoms with Crippen molar-refractivity contribution in [2.45, 2.75) is 51.1 Å². The van der Waals surface area contributed by atoms with Gasteiger partial charge in [-0.15, -0.1) is 0 Å². The second kappa shape index (κ2) is 9.46. The normalized spacial score (nSPS) is 11.0. The molecule has 21 heavy (non-hydrogen) atoms. The number of unbranched alkanes of at least 4 members (excludes halogenated alkanes) is 6. The van der Waals surface area contributed by atoms with Crippen LogP contribution in [0.25, 0.3) is 0 Å². The van der Waals surface area contributed by atoms with Crippen molar-refractivity contribution in [3.8, 4) is 11.8 Å². The highest BCUT2D eigenvalue weighted by atomic mass is 19.4. The predicted molar refractivity (Wildman–Crippen MR) is 77.7 cm³/mol. The van der Waals surface area contributed by atoms with Crippen molar-refractivity contribution in [2.24, 2.45) is 0 Å². The van der Waals surface area contributed by atoms with Crippen LogP contribution in [0.15, 0.2) is 24.3 Å². The molecule has 0 saturated carbocycles. The molecular weight excluding hydrogens is 277 g/mol. The van der Waals surface area contributed by atoms with Gasteiger partial charge in [-0.25, -0.2) is 0 Å². The first kappa shape index (κ1) is 17.6. The molecule has 1 N–H and O–H groups in total. The van der Waals surface area contributed by atoms with E-state index in [1.165, 1.54) is 12.1 Å². The Morgan fingerprint density at radius 2 is 1.52 bits per heavy atom. The minimum absolute atomic E-state index is 0.0490. The molecule has 0 amide bonds. The van der Waals surface area contributed by atoms with Gasteiger partial charge in [0.15, 0.2) is 0 Å². The Hall–Kier alpha value is -1.47. The van der Waals surface area contributed by atoms with Gasteiger partial charge in [0.05, 0.1) is 5.56 Å². The van der Waals surface area contributed by atoms with E-state index >= 15 is 0 Å². The van der Waals surface area contributed by atoms with E-state index in [1.54, 1.807) is 6.07 Å². The van der Waals surface area contributed by atoms with E-state index < -0.39 is 11.7 Å². The zero-order chi connectivity index (χ0) is 15.6. The summed E-state index contributed by atoms with van der Waals surface area (Å²) in [4.78, 5) is 0. The molecule has 0 aliphatic rings. The highest BCUT2D eigenvalue weighted by Gasteiger charge is 2.32. The van der Waals surface area contributed by atoms with Gasteiger partial charge in [-0.05, 0) is 25.0 Å². The molecule has 0 heterocycles. The average molecular weight is 298 g/mol. The number of aliphatic hydroxyl groups excluding tert-OH is 1. The Morgan fingerprint density at radius 1 is 0.905 bits per heavy atom. The maximum Gasteiger partial charge on any atom is 0.417 e. The summed E-state index contributed by atoms with van der Waals surface area (Å²) < 4.78 is 38.2. The van der Waals surface area contributed by atoms with E-state index in [2.05, 4.69) is 11.8 Å². The van der Waals surface area contributed by atoms with E-state index in [1.807, 2.05) is 0 Å². The molecule has 0 aliphatic carbocycles. The molecule has 0 saturated heterocycles. The van der Waals surface area contributed by atoms with Crippen LogP contribution in [-0.2, 0) is 6.18 Å². The molecule has 0 bridgehead atoms. The van der Waals surface area contributed by atoms with Gasteiger partial charge in [-0.3, -0.25) is 0 Å². The molecule has 116 valence electrons. The summed E-state index contributed by atoms with van der Waals surface area (Å²) in [6.07, 6.45) is 2.24. The van der Waals surface area contributed by atoms with Crippen LogP contribution in [-0.4, -0.2) is 11.7 Å². The van der Waals surface area contributed by atoms with Gasteiger partial charge in [0, 0.05) is 18.6 Å². The number of hydrogen-bond donors (Lipinski definition) is 1. The van der Waals surface area contributed by atoms with Gasteiger partial charge in [0.1, 0.15) is 0 Å². The molecule has 0 radical (unpaired) electrons. The third kappa shape index (κ3) is 7.19. The number of aliphatic hydroxyl groups is 1. The first-order valence-electron chi connectivity index (χ1n) is 7.31. The molecule has 1 aromatic rings. The quantitative estimate of drug-likeness (QED) is 0.567. The zero-order valence-electron chi connectivity index (χ0n) is 12.0. The van der Waals surface area contributed by atoms with Gasteiger partial charge in [0.2, 0.25) is 0 Å². The lowest BCUT2D eigenvalue weighted by Gasteiger charge is -2.08. The molecule has 0 unspecified atom stereocenters. The molecule has 1 aromatic carbocycles. The van der Waals surface area contributed by atoms with E-state index in [0.29, 0.717) is 6.42 Å². The molecular formula is C17H21F3O. The second-order valence-corrected chi connectivity index (χ2v) is 4.94. The minimum Gasteiger partial charge on any atom is -0.396 e. The number of alkyl halides is 3. The second-order valence-electron chi connectivity index (χ2n) is 4.94. The SMILES string of the molecule is OCCCCCCCCC#Cc1ccccc1C(F)(F)F. The molecule has 1 rings (SSSR count). The van der Waals surface area contributed by atoms with E-state index in [9.17, 15) is 13.2 Å². The van der Waals surface area contributed by atoms with Crippen molar-refractivity contribution in [1.82, 2.24) is 0 Å². The molecule has 4 heteroatoms. The summed E-state index contributed by atoms with van der Waals surface area (Å²) in [7, 11) is 0. The maximum absolute atomic E-state index is 12.7. The summed E-state index contributed by atoms with van der Waals surface area (Å²) in [5, 5.41) is 8.63. The average Bonchev–Trinajstić information content (AvgIpc) is 2.45. The Balaban J connectivity index is 2.36. The van der Waals surface area contributed by atoms with Crippen LogP contribution in [0.4, 0.5) is 13.2 Å². The highest BCUT2D eigenvalue weighted by Crippen LogP contribution is 2.31. The largest absolute Gasteiger partial charge is 0.417 e. The standard InChI is InChI=1S/C17H21F3O/c18-17(19,20)16-13-9-8-12-15(16)11-7-5-3-1-2-4-6-10-14-21/h8-9,12-13,21H,1-6,10,14H2. The van der Waals surface area contributed by atoms with Gasteiger partial charge < -0.3 is 5.11 Å². The van der Waals surface area contributed by atoms with Crippen LogP contribution >= 0.6 is 0 Å². The Morgan fingerprint density at radius 3 is 2.19 bits per heavy atom. The van der Waals surface area contributed by atoms with Gasteiger partial charge >= 0.3 is 6.18 Å². The van der Waals surface area contributed by atoms with Crippen molar-refractivity contribution < 1.29 is 18.3 Å². The summed E-state index contributed by atoms with van der Waals surface area (Å²) in [5.74, 6) is 5.45. The first-order chi connectivity index (χ1) is 10.1. The van der Waals surface area contributed by atoms with Crippen molar-refractivity contribution >= 4 is 0 Å². The zero-order valence-corrected chi connectivity index (χ0v) is 12.0. The molecule has 0 aromatic heterocycles. The van der Waals surface area contributed by atoms with Crippen LogP contribution < -0.4 is 0 Å². The van der Waals surface area contributed by atoms with E-state index in [4.69, 9.17) is 5.11 Å². The fraction of sp³-hybridized carbons (Fsp3) is 0.529. The Bertz CT molecular complexity index is 469. The summed E-state index contributed by atoms with van der Waals surface area (Å²) in [6, 6.07) is 5.41. The van der Waals surface area contributed by atoms with Gasteiger partial charge in [0.25, 0.3) is 0 Å². The van der Waals surface area contributed by atoms with Crippen molar-refractivity contribution in [3.05, 3.63) is 35.4 Å². The van der Waals surface area contributed by atoms with Gasteiger partial charge in [-0.1, -0.05) is 49.7 Å². The summed E-state index contributed by atoms with van der Waals surface area (Å²) >= 11 is 0. The number of halogens is 3. The fourth-order valence-electron chi connectivity index (χ4n) is 2.03. The lowest BCUT2D eigenvalue weighted by molar-refractivity contribution is -0.137. The van der Waals surface area contributed by atoms with Crippen molar-refractivity contribution in [3.63, 3.8) is 0 Å². The summed E-state index contributed by atoms with van der Waals surface area (Å²) in [5.41, 5.74) is -0.616. The molecule has 0 atom stereocenters. The topological polar surface area (TPSA) is 20.2 Å². The third-order valence-corrected chi connectivity index (χ3v) is 3.17. The maximum atomic E-state index is 12.7. The van der Waals surface area contributed by atoms with Crippen molar-refractivity contribution in [1.29, 1.82) is 0 Å². The van der Waals surface area contributed by atoms with Crippen LogP contribution in [0.2, 0.25) is 0 Å². The van der Waals surface area contributed by atoms with Crippen molar-refractivity contribution in [2.75, 3.05) is 6.61 Å². The fourth-order valence-corrected chi connectivity index (χ4v) is 2.03. The number of benzene rings is 1. The minimum atomic E-state index is -4.35. The monoisotopic (exact) mass is 298 g/mol. The highest BCUT2D eigenvalue weighted by molar-refractivity contribution is 5.42. The number of hydrogen-bond acceptors (Lipinski definition) is 1. The van der Waals surface area contributed by atoms with E-state index in [-0.39, 0.29) is 12.2 Å². The van der Waals surface area contributed by atoms with Gasteiger partial charge in [-0.2, -0.15) is 13.2 Å². The van der Waals surface area contributed by atoms with E-state index in [0.717, 1.165) is 44.6 Å². The Kier molecular flexibility index (Phi) is 7.92. The number of rotatable bonds is 7. The van der Waals surface area contributed by atoms with Crippen LogP contribution in [0.5, 0.6) is 0 Å².